The largest absolute Gasteiger partial charge is 0.384 e. The van der Waals surface area contributed by atoms with E-state index < -0.39 is 10.0 Å². The fourth-order valence-corrected chi connectivity index (χ4v) is 4.62. The van der Waals surface area contributed by atoms with Gasteiger partial charge in [-0.2, -0.15) is 0 Å². The van der Waals surface area contributed by atoms with Crippen LogP contribution in [-0.2, 0) is 21.2 Å². The van der Waals surface area contributed by atoms with Gasteiger partial charge in [-0.05, 0) is 61.2 Å². The van der Waals surface area contributed by atoms with Gasteiger partial charge in [-0.3, -0.25) is 9.78 Å². The zero-order valence-electron chi connectivity index (χ0n) is 18.6. The van der Waals surface area contributed by atoms with Crippen molar-refractivity contribution in [3.05, 3.63) is 65.3 Å². The summed E-state index contributed by atoms with van der Waals surface area (Å²) in [6.07, 6.45) is 4.16. The van der Waals surface area contributed by atoms with Crippen LogP contribution in [0.4, 0.5) is 5.69 Å². The van der Waals surface area contributed by atoms with Gasteiger partial charge >= 0.3 is 0 Å². The molecule has 0 atom stereocenters. The smallest absolute Gasteiger partial charge is 0.240 e. The maximum Gasteiger partial charge on any atom is 0.240 e. The molecule has 3 rings (SSSR count). The molecule has 0 aliphatic heterocycles. The van der Waals surface area contributed by atoms with Crippen LogP contribution in [0.15, 0.2) is 59.6 Å². The summed E-state index contributed by atoms with van der Waals surface area (Å²) in [7, 11) is -3.47. The Morgan fingerprint density at radius 2 is 1.82 bits per heavy atom. The van der Waals surface area contributed by atoms with Gasteiger partial charge in [0.1, 0.15) is 0 Å². The lowest BCUT2D eigenvalue weighted by Crippen LogP contribution is -2.26. The number of halogens is 1. The van der Waals surface area contributed by atoms with E-state index in [0.717, 1.165) is 35.0 Å². The number of aromatic nitrogens is 1. The minimum atomic E-state index is -3.47. The third-order valence-electron chi connectivity index (χ3n) is 5.11. The number of carbonyl (C=O) groups is 1. The van der Waals surface area contributed by atoms with E-state index in [1.807, 2.05) is 31.2 Å². The van der Waals surface area contributed by atoms with Gasteiger partial charge in [0.25, 0.3) is 0 Å². The van der Waals surface area contributed by atoms with Crippen molar-refractivity contribution < 1.29 is 13.2 Å². The van der Waals surface area contributed by atoms with Crippen LogP contribution in [0.1, 0.15) is 31.7 Å². The standard InChI is InChI=1S/C24H29ClN4O3S/c1-2-13-29-33(31,32)20-8-4-18(5-9-20)6-11-24(30)28-15-3-14-26-22-12-16-27-23-17-19(25)7-10-21(22)23/h4-5,7-10,12,16-17,29H,2-3,6,11,13-15H2,1H3,(H,26,27)(H,28,30). The lowest BCUT2D eigenvalue weighted by Gasteiger charge is -2.10. The van der Waals surface area contributed by atoms with E-state index in [2.05, 4.69) is 20.3 Å². The highest BCUT2D eigenvalue weighted by Crippen LogP contribution is 2.24. The van der Waals surface area contributed by atoms with E-state index in [9.17, 15) is 13.2 Å². The number of pyridine rings is 1. The van der Waals surface area contributed by atoms with Crippen molar-refractivity contribution in [2.24, 2.45) is 0 Å². The second-order valence-corrected chi connectivity index (χ2v) is 9.90. The summed E-state index contributed by atoms with van der Waals surface area (Å²) < 4.78 is 26.8. The fraction of sp³-hybridized carbons (Fsp3) is 0.333. The first-order valence-electron chi connectivity index (χ1n) is 11.0. The molecule has 1 aromatic heterocycles. The third kappa shape index (κ3) is 7.42. The molecule has 9 heteroatoms. The number of rotatable bonds is 12. The number of nitrogens with zero attached hydrogens (tertiary/aromatic N) is 1. The molecule has 0 aliphatic rings. The first-order valence-corrected chi connectivity index (χ1v) is 12.9. The van der Waals surface area contributed by atoms with E-state index in [1.54, 1.807) is 30.5 Å². The van der Waals surface area contributed by atoms with Gasteiger partial charge in [-0.15, -0.1) is 0 Å². The Kier molecular flexibility index (Phi) is 9.05. The van der Waals surface area contributed by atoms with Gasteiger partial charge in [0.05, 0.1) is 10.4 Å². The highest BCUT2D eigenvalue weighted by atomic mass is 35.5. The summed E-state index contributed by atoms with van der Waals surface area (Å²) in [6.45, 7) is 3.60. The van der Waals surface area contributed by atoms with Gasteiger partial charge in [0.15, 0.2) is 0 Å². The minimum absolute atomic E-state index is 0.0275. The lowest BCUT2D eigenvalue weighted by atomic mass is 10.1. The van der Waals surface area contributed by atoms with E-state index in [-0.39, 0.29) is 10.8 Å². The van der Waals surface area contributed by atoms with Gasteiger partial charge in [0, 0.05) is 48.3 Å². The van der Waals surface area contributed by atoms with Gasteiger partial charge in [-0.25, -0.2) is 13.1 Å². The predicted molar refractivity (Wildman–Crippen MR) is 133 cm³/mol. The monoisotopic (exact) mass is 488 g/mol. The molecule has 3 N–H and O–H groups in total. The summed E-state index contributed by atoms with van der Waals surface area (Å²) >= 11 is 6.03. The van der Waals surface area contributed by atoms with Crippen molar-refractivity contribution in [3.8, 4) is 0 Å². The molecule has 1 amide bonds. The van der Waals surface area contributed by atoms with Crippen LogP contribution in [0.5, 0.6) is 0 Å². The number of aryl methyl sites for hydroxylation is 1. The zero-order chi connectivity index (χ0) is 23.7. The molecule has 3 aromatic rings. The highest BCUT2D eigenvalue weighted by Gasteiger charge is 2.12. The second-order valence-electron chi connectivity index (χ2n) is 7.69. The Morgan fingerprint density at radius 1 is 1.03 bits per heavy atom. The average Bonchev–Trinajstić information content (AvgIpc) is 2.81. The molecule has 0 bridgehead atoms. The number of benzene rings is 2. The van der Waals surface area contributed by atoms with Crippen LogP contribution < -0.4 is 15.4 Å². The van der Waals surface area contributed by atoms with Crippen LogP contribution in [0.3, 0.4) is 0 Å². The molecule has 0 aliphatic carbocycles. The van der Waals surface area contributed by atoms with E-state index >= 15 is 0 Å². The fourth-order valence-electron chi connectivity index (χ4n) is 3.32. The summed E-state index contributed by atoms with van der Waals surface area (Å²) in [5.41, 5.74) is 2.74. The Balaban J connectivity index is 1.37. The van der Waals surface area contributed by atoms with E-state index in [1.165, 1.54) is 0 Å². The predicted octanol–water partition coefficient (Wildman–Crippen LogP) is 4.13. The minimum Gasteiger partial charge on any atom is -0.384 e. The molecular formula is C24H29ClN4O3S. The summed E-state index contributed by atoms with van der Waals surface area (Å²) in [5, 5.41) is 7.97. The topological polar surface area (TPSA) is 100 Å². The third-order valence-corrected chi connectivity index (χ3v) is 6.82. The molecule has 0 saturated carbocycles. The Morgan fingerprint density at radius 3 is 2.58 bits per heavy atom. The lowest BCUT2D eigenvalue weighted by molar-refractivity contribution is -0.121. The molecule has 33 heavy (non-hydrogen) atoms. The summed E-state index contributed by atoms with van der Waals surface area (Å²) in [4.78, 5) is 16.7. The SMILES string of the molecule is CCCNS(=O)(=O)c1ccc(CCC(=O)NCCCNc2ccnc3cc(Cl)ccc23)cc1. The molecule has 0 fully saturated rings. The summed E-state index contributed by atoms with van der Waals surface area (Å²) in [6, 6.07) is 14.2. The number of carbonyl (C=O) groups excluding carboxylic acids is 1. The molecule has 0 radical (unpaired) electrons. The van der Waals surface area contributed by atoms with E-state index in [0.29, 0.717) is 37.5 Å². The molecule has 0 saturated heterocycles. The van der Waals surface area contributed by atoms with Gasteiger partial charge in [-0.1, -0.05) is 30.7 Å². The molecular weight excluding hydrogens is 460 g/mol. The zero-order valence-corrected chi connectivity index (χ0v) is 20.2. The van der Waals surface area contributed by atoms with Crippen molar-refractivity contribution in [3.63, 3.8) is 0 Å². The Bertz CT molecular complexity index is 1180. The van der Waals surface area contributed by atoms with Crippen LogP contribution in [0.25, 0.3) is 10.9 Å². The van der Waals surface area contributed by atoms with Crippen LogP contribution in [0.2, 0.25) is 5.02 Å². The van der Waals surface area contributed by atoms with Gasteiger partial charge < -0.3 is 10.6 Å². The molecule has 1 heterocycles. The quantitative estimate of drug-likeness (QED) is 0.333. The maximum atomic E-state index is 12.1. The van der Waals surface area contributed by atoms with Crippen LogP contribution in [-0.4, -0.2) is 38.9 Å². The number of fused-ring (bicyclic) bond motifs is 1. The number of hydrogen-bond acceptors (Lipinski definition) is 5. The molecule has 7 nitrogen and oxygen atoms in total. The van der Waals surface area contributed by atoms with Crippen molar-refractivity contribution >= 4 is 44.1 Å². The Hall–Kier alpha value is -2.68. The summed E-state index contributed by atoms with van der Waals surface area (Å²) in [5.74, 6) is -0.0275. The number of amides is 1. The van der Waals surface area contributed by atoms with Crippen LogP contribution in [0, 0.1) is 0 Å². The number of anilines is 1. The van der Waals surface area contributed by atoms with Crippen LogP contribution >= 0.6 is 11.6 Å². The van der Waals surface area contributed by atoms with Crippen molar-refractivity contribution in [1.29, 1.82) is 0 Å². The molecule has 176 valence electrons. The average molecular weight is 489 g/mol. The van der Waals surface area contributed by atoms with Crippen molar-refractivity contribution in [1.82, 2.24) is 15.0 Å². The van der Waals surface area contributed by atoms with E-state index in [4.69, 9.17) is 11.6 Å². The first kappa shape index (κ1) is 25.0. The molecule has 2 aromatic carbocycles. The first-order chi connectivity index (χ1) is 15.9. The normalized spacial score (nSPS) is 11.5. The highest BCUT2D eigenvalue weighted by molar-refractivity contribution is 7.89. The molecule has 0 spiro atoms. The van der Waals surface area contributed by atoms with Gasteiger partial charge in [0.2, 0.25) is 15.9 Å². The number of sulfonamides is 1. The number of hydrogen-bond donors (Lipinski definition) is 3. The second kappa shape index (κ2) is 12.0. The van der Waals surface area contributed by atoms with Crippen molar-refractivity contribution in [2.75, 3.05) is 25.0 Å². The number of nitrogens with one attached hydrogen (secondary N) is 3. The Labute approximate surface area is 200 Å². The maximum absolute atomic E-state index is 12.1. The molecule has 0 unspecified atom stereocenters. The van der Waals surface area contributed by atoms with Crippen molar-refractivity contribution in [2.45, 2.75) is 37.5 Å².